The van der Waals surface area contributed by atoms with Crippen LogP contribution in [0.1, 0.15) is 25.3 Å². The van der Waals surface area contributed by atoms with Gasteiger partial charge in [0.1, 0.15) is 11.5 Å². The minimum absolute atomic E-state index is 0.0960. The summed E-state index contributed by atoms with van der Waals surface area (Å²) in [6, 6.07) is 10.5. The number of ether oxygens (including phenoxy) is 2. The number of nitro benzene ring substituents is 1. The van der Waals surface area contributed by atoms with E-state index in [0.29, 0.717) is 30.6 Å². The smallest absolute Gasteiger partial charge is 0.395 e. The highest BCUT2D eigenvalue weighted by atomic mass is 35.5. The van der Waals surface area contributed by atoms with Crippen LogP contribution in [0.4, 0.5) is 16.2 Å². The normalized spacial score (nSPS) is 10.7. The summed E-state index contributed by atoms with van der Waals surface area (Å²) in [6.45, 7) is 5.38. The maximum absolute atomic E-state index is 12.1. The third-order valence-electron chi connectivity index (χ3n) is 4.12. The lowest BCUT2D eigenvalue weighted by Gasteiger charge is -2.27. The van der Waals surface area contributed by atoms with Crippen molar-refractivity contribution in [3.63, 3.8) is 0 Å². The van der Waals surface area contributed by atoms with Crippen LogP contribution in [0.3, 0.4) is 0 Å². The average Bonchev–Trinajstić information content (AvgIpc) is 2.68. The van der Waals surface area contributed by atoms with Gasteiger partial charge in [0, 0.05) is 42.7 Å². The molecule has 0 atom stereocenters. The maximum Gasteiger partial charge on any atom is 0.519 e. The number of hydrogen-bond acceptors (Lipinski definition) is 6. The molecular weight excluding hydrogens is 419 g/mol. The van der Waals surface area contributed by atoms with Crippen molar-refractivity contribution in [2.24, 2.45) is 0 Å². The molecule has 0 bridgehead atoms. The molecular formula is C20H22Cl2N2O5. The molecule has 0 aliphatic carbocycles. The highest BCUT2D eigenvalue weighted by Crippen LogP contribution is 2.32. The number of rotatable bonds is 9. The van der Waals surface area contributed by atoms with E-state index >= 15 is 0 Å². The fourth-order valence-corrected chi connectivity index (χ4v) is 3.16. The lowest BCUT2D eigenvalue weighted by atomic mass is 10.00. The van der Waals surface area contributed by atoms with Crippen molar-refractivity contribution in [3.8, 4) is 11.5 Å². The predicted octanol–water partition coefficient (Wildman–Crippen LogP) is 5.58. The summed E-state index contributed by atoms with van der Waals surface area (Å²) in [6.07, 6.45) is -0.931. The molecule has 0 N–H and O–H groups in total. The molecule has 0 unspecified atom stereocenters. The van der Waals surface area contributed by atoms with Gasteiger partial charge in [-0.15, -0.1) is 23.2 Å². The Morgan fingerprint density at radius 3 is 2.10 bits per heavy atom. The molecule has 156 valence electrons. The Balaban J connectivity index is 2.14. The third-order valence-corrected chi connectivity index (χ3v) is 4.46. The monoisotopic (exact) mass is 440 g/mol. The number of benzene rings is 2. The Hall–Kier alpha value is -2.51. The van der Waals surface area contributed by atoms with Crippen molar-refractivity contribution in [1.29, 1.82) is 0 Å². The molecule has 0 saturated heterocycles. The largest absolute Gasteiger partial charge is 0.519 e. The van der Waals surface area contributed by atoms with Crippen molar-refractivity contribution >= 4 is 40.7 Å². The van der Waals surface area contributed by atoms with Crippen LogP contribution in [0.15, 0.2) is 42.5 Å². The van der Waals surface area contributed by atoms with Crippen LogP contribution < -0.4 is 14.4 Å². The van der Waals surface area contributed by atoms with Gasteiger partial charge in [0.15, 0.2) is 0 Å². The van der Waals surface area contributed by atoms with Gasteiger partial charge in [0.2, 0.25) is 0 Å². The number of non-ortho nitro benzene ring substituents is 1. The van der Waals surface area contributed by atoms with E-state index in [9.17, 15) is 14.9 Å². The van der Waals surface area contributed by atoms with Crippen molar-refractivity contribution < 1.29 is 19.2 Å². The van der Waals surface area contributed by atoms with Gasteiger partial charge in [0.25, 0.3) is 5.69 Å². The molecule has 0 amide bonds. The van der Waals surface area contributed by atoms with Crippen LogP contribution in [0.5, 0.6) is 11.5 Å². The van der Waals surface area contributed by atoms with Crippen molar-refractivity contribution in [3.05, 3.63) is 58.1 Å². The van der Waals surface area contributed by atoms with E-state index < -0.39 is 11.1 Å². The Morgan fingerprint density at radius 2 is 1.59 bits per heavy atom. The van der Waals surface area contributed by atoms with Gasteiger partial charge in [-0.3, -0.25) is 10.1 Å². The summed E-state index contributed by atoms with van der Waals surface area (Å²) in [5, 5.41) is 10.7. The van der Waals surface area contributed by atoms with Crippen LogP contribution >= 0.6 is 23.2 Å². The zero-order valence-electron chi connectivity index (χ0n) is 16.1. The second kappa shape index (κ2) is 10.9. The van der Waals surface area contributed by atoms with Gasteiger partial charge in [-0.2, -0.15) is 0 Å². The molecule has 0 aromatic heterocycles. The van der Waals surface area contributed by atoms with Gasteiger partial charge >= 0.3 is 6.16 Å². The van der Waals surface area contributed by atoms with Gasteiger partial charge < -0.3 is 14.4 Å². The molecule has 0 aliphatic heterocycles. The van der Waals surface area contributed by atoms with Crippen molar-refractivity contribution in [2.75, 3.05) is 29.7 Å². The minimum Gasteiger partial charge on any atom is -0.395 e. The first-order valence-corrected chi connectivity index (χ1v) is 10.1. The number of halogens is 2. The molecule has 2 aromatic carbocycles. The summed E-state index contributed by atoms with van der Waals surface area (Å²) in [7, 11) is 0. The zero-order valence-corrected chi connectivity index (χ0v) is 17.7. The Labute approximate surface area is 179 Å². The Morgan fingerprint density at radius 1 is 1.03 bits per heavy atom. The van der Waals surface area contributed by atoms with Crippen molar-refractivity contribution in [2.45, 2.75) is 19.8 Å². The van der Waals surface area contributed by atoms with Crippen LogP contribution in [0.2, 0.25) is 0 Å². The number of carbonyl (C=O) groups excluding carboxylic acids is 1. The number of nitro groups is 1. The van der Waals surface area contributed by atoms with Gasteiger partial charge in [-0.25, -0.2) is 4.79 Å². The first-order chi connectivity index (χ1) is 13.8. The molecule has 0 radical (unpaired) electrons. The average molecular weight is 441 g/mol. The molecule has 0 saturated carbocycles. The van der Waals surface area contributed by atoms with Crippen LogP contribution in [-0.2, 0) is 0 Å². The summed E-state index contributed by atoms with van der Waals surface area (Å²) in [5.74, 6) is 1.59. The minimum atomic E-state index is -0.931. The fraction of sp³-hybridized carbons (Fsp3) is 0.350. The number of nitrogens with zero attached hydrogens (tertiary/aromatic N) is 2. The standard InChI is InChI=1S/C20H22Cl2N2O5/c1-14(2)18-13-17(7-8-19(18)23(11-9-21)12-10-22)29-20(25)28-16-5-3-15(4-6-16)24(26)27/h3-8,13-14H,9-12H2,1-2H3. The van der Waals surface area contributed by atoms with Gasteiger partial charge in [-0.1, -0.05) is 13.8 Å². The third kappa shape index (κ3) is 6.51. The summed E-state index contributed by atoms with van der Waals surface area (Å²) < 4.78 is 10.4. The topological polar surface area (TPSA) is 81.9 Å². The van der Waals surface area contributed by atoms with E-state index in [0.717, 1.165) is 11.3 Å². The molecule has 2 rings (SSSR count). The maximum atomic E-state index is 12.1. The summed E-state index contributed by atoms with van der Waals surface area (Å²) in [5.41, 5.74) is 1.87. The second-order valence-corrected chi connectivity index (χ2v) is 7.20. The van der Waals surface area contributed by atoms with Gasteiger partial charge in [-0.05, 0) is 41.8 Å². The van der Waals surface area contributed by atoms with E-state index in [2.05, 4.69) is 4.90 Å². The van der Waals surface area contributed by atoms with Crippen LogP contribution in [-0.4, -0.2) is 35.9 Å². The first-order valence-electron chi connectivity index (χ1n) is 9.00. The number of hydrogen-bond donors (Lipinski definition) is 0. The Kier molecular flexibility index (Phi) is 8.54. The molecule has 9 heteroatoms. The van der Waals surface area contributed by atoms with E-state index in [1.165, 1.54) is 24.3 Å². The lowest BCUT2D eigenvalue weighted by molar-refractivity contribution is -0.384. The fourth-order valence-electron chi connectivity index (χ4n) is 2.75. The zero-order chi connectivity index (χ0) is 21.4. The highest BCUT2D eigenvalue weighted by Gasteiger charge is 2.16. The molecule has 29 heavy (non-hydrogen) atoms. The molecule has 0 aliphatic rings. The van der Waals surface area contributed by atoms with E-state index in [-0.39, 0.29) is 17.4 Å². The molecule has 2 aromatic rings. The summed E-state index contributed by atoms with van der Waals surface area (Å²) in [4.78, 5) is 24.3. The predicted molar refractivity (Wildman–Crippen MR) is 114 cm³/mol. The van der Waals surface area contributed by atoms with Crippen LogP contribution in [0, 0.1) is 10.1 Å². The van der Waals surface area contributed by atoms with E-state index in [4.69, 9.17) is 32.7 Å². The summed E-state index contributed by atoms with van der Waals surface area (Å²) >= 11 is 11.8. The van der Waals surface area contributed by atoms with E-state index in [1.807, 2.05) is 19.9 Å². The molecule has 7 nitrogen and oxygen atoms in total. The first kappa shape index (κ1) is 22.8. The van der Waals surface area contributed by atoms with Gasteiger partial charge in [0.05, 0.1) is 4.92 Å². The van der Waals surface area contributed by atoms with Crippen molar-refractivity contribution in [1.82, 2.24) is 0 Å². The Bertz CT molecular complexity index is 837. The highest BCUT2D eigenvalue weighted by molar-refractivity contribution is 6.18. The molecule has 0 heterocycles. The van der Waals surface area contributed by atoms with E-state index in [1.54, 1.807) is 12.1 Å². The quantitative estimate of drug-likeness (QED) is 0.166. The SMILES string of the molecule is CC(C)c1cc(OC(=O)Oc2ccc([N+](=O)[O-])cc2)ccc1N(CCCl)CCCl. The second-order valence-electron chi connectivity index (χ2n) is 6.45. The molecule has 0 spiro atoms. The lowest BCUT2D eigenvalue weighted by Crippen LogP contribution is -2.28. The molecule has 0 fully saturated rings. The number of carbonyl (C=O) groups is 1. The van der Waals surface area contributed by atoms with Crippen LogP contribution in [0.25, 0.3) is 0 Å². The number of anilines is 1. The number of alkyl halides is 2.